The third-order valence-electron chi connectivity index (χ3n) is 4.00. The first-order chi connectivity index (χ1) is 9.81. The summed E-state index contributed by atoms with van der Waals surface area (Å²) in [4.78, 5) is 12.5. The molecular formula is C15H22N2O3S. The lowest BCUT2D eigenvalue weighted by Crippen LogP contribution is -2.54. The molecule has 1 fully saturated rings. The number of nitrogens with one attached hydrogen (secondary N) is 1. The Hall–Kier alpha value is -1.40. The third kappa shape index (κ3) is 4.04. The number of benzene rings is 1. The number of sulfone groups is 1. The van der Waals surface area contributed by atoms with Crippen LogP contribution in [0.25, 0.3) is 0 Å². The second kappa shape index (κ2) is 6.15. The van der Waals surface area contributed by atoms with Crippen LogP contribution < -0.4 is 11.1 Å². The Morgan fingerprint density at radius 1 is 1.19 bits per heavy atom. The highest BCUT2D eigenvalue weighted by molar-refractivity contribution is 7.90. The smallest absolute Gasteiger partial charge is 0.240 e. The monoisotopic (exact) mass is 310 g/mol. The van der Waals surface area contributed by atoms with Gasteiger partial charge in [0.1, 0.15) is 0 Å². The van der Waals surface area contributed by atoms with Gasteiger partial charge < -0.3 is 11.1 Å². The summed E-state index contributed by atoms with van der Waals surface area (Å²) in [5.41, 5.74) is 6.27. The summed E-state index contributed by atoms with van der Waals surface area (Å²) in [7, 11) is -3.19. The summed E-state index contributed by atoms with van der Waals surface area (Å²) in [5, 5.41) is 2.85. The lowest BCUT2D eigenvalue weighted by atomic mass is 9.82. The maximum absolute atomic E-state index is 12.2. The Labute approximate surface area is 125 Å². The fraction of sp³-hybridized carbons (Fsp3) is 0.533. The predicted molar refractivity (Wildman–Crippen MR) is 81.4 cm³/mol. The van der Waals surface area contributed by atoms with Gasteiger partial charge >= 0.3 is 0 Å². The molecule has 1 aliphatic rings. The Balaban J connectivity index is 1.95. The summed E-state index contributed by atoms with van der Waals surface area (Å²) in [6, 6.07) is 6.52. The summed E-state index contributed by atoms with van der Waals surface area (Å²) in [6.45, 7) is 0.363. The maximum atomic E-state index is 12.2. The van der Waals surface area contributed by atoms with Gasteiger partial charge in [-0.05, 0) is 30.5 Å². The van der Waals surface area contributed by atoms with Gasteiger partial charge in [-0.25, -0.2) is 8.42 Å². The van der Waals surface area contributed by atoms with Crippen LogP contribution in [0.5, 0.6) is 0 Å². The fourth-order valence-electron chi connectivity index (χ4n) is 2.62. The minimum atomic E-state index is -3.19. The molecule has 0 saturated heterocycles. The highest BCUT2D eigenvalue weighted by Crippen LogP contribution is 2.26. The first kappa shape index (κ1) is 16.0. The van der Waals surface area contributed by atoms with Gasteiger partial charge in [-0.3, -0.25) is 4.79 Å². The van der Waals surface area contributed by atoms with Crippen molar-refractivity contribution >= 4 is 15.7 Å². The molecule has 0 aromatic heterocycles. The van der Waals surface area contributed by atoms with E-state index in [-0.39, 0.29) is 10.8 Å². The van der Waals surface area contributed by atoms with E-state index < -0.39 is 15.4 Å². The van der Waals surface area contributed by atoms with Crippen molar-refractivity contribution in [2.45, 2.75) is 49.1 Å². The number of hydrogen-bond acceptors (Lipinski definition) is 4. The SMILES string of the molecule is CS(=O)(=O)c1ccc(CNC(=O)C2(N)CCCCC2)cc1. The normalized spacial score (nSPS) is 18.2. The highest BCUT2D eigenvalue weighted by Gasteiger charge is 2.34. The first-order valence-electron chi connectivity index (χ1n) is 7.17. The Morgan fingerprint density at radius 3 is 2.29 bits per heavy atom. The average Bonchev–Trinajstić information content (AvgIpc) is 2.45. The van der Waals surface area contributed by atoms with Crippen LogP contribution in [0, 0.1) is 0 Å². The third-order valence-corrected chi connectivity index (χ3v) is 5.13. The van der Waals surface area contributed by atoms with E-state index in [1.807, 2.05) is 0 Å². The second-order valence-corrected chi connectivity index (χ2v) is 7.83. The summed E-state index contributed by atoms with van der Waals surface area (Å²) >= 11 is 0. The van der Waals surface area contributed by atoms with E-state index in [9.17, 15) is 13.2 Å². The number of carbonyl (C=O) groups excluding carboxylic acids is 1. The zero-order chi connectivity index (χ0) is 15.5. The molecule has 0 aliphatic heterocycles. The molecule has 0 heterocycles. The topological polar surface area (TPSA) is 89.3 Å². The molecule has 3 N–H and O–H groups in total. The zero-order valence-electron chi connectivity index (χ0n) is 12.3. The summed E-state index contributed by atoms with van der Waals surface area (Å²) in [6.07, 6.45) is 5.75. The molecule has 1 aliphatic carbocycles. The predicted octanol–water partition coefficient (Wildman–Crippen LogP) is 1.37. The summed E-state index contributed by atoms with van der Waals surface area (Å²) in [5.74, 6) is -0.116. The van der Waals surface area contributed by atoms with E-state index in [4.69, 9.17) is 5.73 Å². The molecule has 1 aromatic carbocycles. The van der Waals surface area contributed by atoms with Crippen molar-refractivity contribution in [1.29, 1.82) is 0 Å². The number of amides is 1. The Kier molecular flexibility index (Phi) is 4.68. The minimum Gasteiger partial charge on any atom is -0.350 e. The van der Waals surface area contributed by atoms with E-state index in [0.29, 0.717) is 6.54 Å². The van der Waals surface area contributed by atoms with E-state index >= 15 is 0 Å². The van der Waals surface area contributed by atoms with Gasteiger partial charge in [0.05, 0.1) is 10.4 Å². The molecule has 2 rings (SSSR count). The molecule has 0 unspecified atom stereocenters. The van der Waals surface area contributed by atoms with Gasteiger partial charge in [0.15, 0.2) is 9.84 Å². The lowest BCUT2D eigenvalue weighted by molar-refractivity contribution is -0.127. The van der Waals surface area contributed by atoms with Gasteiger partial charge in [-0.1, -0.05) is 31.4 Å². The van der Waals surface area contributed by atoms with Crippen LogP contribution in [-0.4, -0.2) is 26.1 Å². The van der Waals surface area contributed by atoms with Crippen molar-refractivity contribution in [1.82, 2.24) is 5.32 Å². The van der Waals surface area contributed by atoms with Crippen LogP contribution in [0.3, 0.4) is 0 Å². The largest absolute Gasteiger partial charge is 0.350 e. The quantitative estimate of drug-likeness (QED) is 0.879. The average molecular weight is 310 g/mol. The standard InChI is InChI=1S/C15H22N2O3S/c1-21(19,20)13-7-5-12(6-8-13)11-17-14(18)15(16)9-3-2-4-10-15/h5-8H,2-4,9-11,16H2,1H3,(H,17,18). The van der Waals surface area contributed by atoms with Crippen molar-refractivity contribution in [3.8, 4) is 0 Å². The lowest BCUT2D eigenvalue weighted by Gasteiger charge is -2.31. The number of rotatable bonds is 4. The van der Waals surface area contributed by atoms with Crippen LogP contribution in [0.15, 0.2) is 29.2 Å². The van der Waals surface area contributed by atoms with Gasteiger partial charge in [0.2, 0.25) is 5.91 Å². The van der Waals surface area contributed by atoms with E-state index in [1.165, 1.54) is 6.26 Å². The molecule has 5 nitrogen and oxygen atoms in total. The van der Waals surface area contributed by atoms with Crippen LogP contribution in [-0.2, 0) is 21.2 Å². The minimum absolute atomic E-state index is 0.116. The van der Waals surface area contributed by atoms with Crippen molar-refractivity contribution in [2.75, 3.05) is 6.26 Å². The van der Waals surface area contributed by atoms with Crippen LogP contribution in [0.1, 0.15) is 37.7 Å². The Morgan fingerprint density at radius 2 is 1.76 bits per heavy atom. The fourth-order valence-corrected chi connectivity index (χ4v) is 3.25. The summed E-state index contributed by atoms with van der Waals surface area (Å²) < 4.78 is 22.7. The molecule has 1 saturated carbocycles. The molecule has 21 heavy (non-hydrogen) atoms. The molecule has 0 atom stereocenters. The van der Waals surface area contributed by atoms with Crippen molar-refractivity contribution in [3.63, 3.8) is 0 Å². The van der Waals surface area contributed by atoms with Gasteiger partial charge in [-0.2, -0.15) is 0 Å². The maximum Gasteiger partial charge on any atom is 0.240 e. The van der Waals surface area contributed by atoms with Crippen LogP contribution >= 0.6 is 0 Å². The van der Waals surface area contributed by atoms with Crippen molar-refractivity contribution in [2.24, 2.45) is 5.73 Å². The van der Waals surface area contributed by atoms with E-state index in [1.54, 1.807) is 24.3 Å². The number of nitrogens with two attached hydrogens (primary N) is 1. The van der Waals surface area contributed by atoms with Crippen LogP contribution in [0.2, 0.25) is 0 Å². The van der Waals surface area contributed by atoms with Gasteiger partial charge in [-0.15, -0.1) is 0 Å². The first-order valence-corrected chi connectivity index (χ1v) is 9.07. The molecule has 1 aromatic rings. The Bertz CT molecular complexity index is 602. The molecule has 0 bridgehead atoms. The van der Waals surface area contributed by atoms with Crippen molar-refractivity contribution in [3.05, 3.63) is 29.8 Å². The molecule has 116 valence electrons. The second-order valence-electron chi connectivity index (χ2n) is 5.82. The van der Waals surface area contributed by atoms with Gasteiger partial charge in [0.25, 0.3) is 0 Å². The molecular weight excluding hydrogens is 288 g/mol. The number of carbonyl (C=O) groups is 1. The molecule has 1 amide bonds. The van der Waals surface area contributed by atoms with E-state index in [0.717, 1.165) is 37.7 Å². The zero-order valence-corrected chi connectivity index (χ0v) is 13.1. The van der Waals surface area contributed by atoms with Gasteiger partial charge in [0, 0.05) is 12.8 Å². The molecule has 0 radical (unpaired) electrons. The van der Waals surface area contributed by atoms with E-state index in [2.05, 4.69) is 5.32 Å². The van der Waals surface area contributed by atoms with Crippen molar-refractivity contribution < 1.29 is 13.2 Å². The number of hydrogen-bond donors (Lipinski definition) is 2. The molecule has 0 spiro atoms. The highest BCUT2D eigenvalue weighted by atomic mass is 32.2. The van der Waals surface area contributed by atoms with Crippen LogP contribution in [0.4, 0.5) is 0 Å². The molecule has 6 heteroatoms.